The highest BCUT2D eigenvalue weighted by atomic mass is 32.1. The van der Waals surface area contributed by atoms with Crippen molar-refractivity contribution >= 4 is 46.6 Å². The van der Waals surface area contributed by atoms with E-state index in [-0.39, 0.29) is 16.9 Å². The molecule has 1 aromatic carbocycles. The Morgan fingerprint density at radius 3 is 2.50 bits per heavy atom. The lowest BCUT2D eigenvalue weighted by Crippen LogP contribution is -2.48. The first-order chi connectivity index (χ1) is 10.6. The summed E-state index contributed by atoms with van der Waals surface area (Å²) >= 11 is 6.23. The lowest BCUT2D eigenvalue weighted by atomic mass is 10.2. The molecule has 0 saturated carbocycles. The molecular weight excluding hydrogens is 318 g/mol. The van der Waals surface area contributed by atoms with Crippen LogP contribution in [-0.4, -0.2) is 16.9 Å². The number of carbonyl (C=O) groups is 2. The van der Waals surface area contributed by atoms with Crippen LogP contribution < -0.4 is 16.2 Å². The normalized spacial score (nSPS) is 10.2. The number of thiocarbonyl (C=S) groups is 1. The molecule has 0 aliphatic rings. The minimum Gasteiger partial charge on any atom is -0.298 e. The Balaban J connectivity index is 1.76. The van der Waals surface area contributed by atoms with Crippen LogP contribution in [0.2, 0.25) is 0 Å². The van der Waals surface area contributed by atoms with Crippen LogP contribution in [0.4, 0.5) is 0 Å². The Kier molecular flexibility index (Phi) is 5.81. The van der Waals surface area contributed by atoms with Gasteiger partial charge >= 0.3 is 0 Å². The molecule has 2 rings (SSSR count). The number of amides is 2. The number of benzene rings is 1. The van der Waals surface area contributed by atoms with Gasteiger partial charge in [0.1, 0.15) is 0 Å². The van der Waals surface area contributed by atoms with Crippen molar-refractivity contribution in [2.75, 3.05) is 0 Å². The first kappa shape index (κ1) is 15.9. The van der Waals surface area contributed by atoms with Gasteiger partial charge in [-0.05, 0) is 35.3 Å². The summed E-state index contributed by atoms with van der Waals surface area (Å²) in [6.07, 6.45) is 3.03. The molecule has 1 heterocycles. The van der Waals surface area contributed by atoms with E-state index in [0.717, 1.165) is 5.56 Å². The van der Waals surface area contributed by atoms with Gasteiger partial charge in [-0.3, -0.25) is 25.8 Å². The Morgan fingerprint density at radius 1 is 1.05 bits per heavy atom. The molecule has 22 heavy (non-hydrogen) atoms. The molecule has 0 aliphatic carbocycles. The first-order valence-electron chi connectivity index (χ1n) is 6.33. The van der Waals surface area contributed by atoms with E-state index < -0.39 is 0 Å². The predicted molar refractivity (Wildman–Crippen MR) is 91.1 cm³/mol. The van der Waals surface area contributed by atoms with Gasteiger partial charge in [-0.2, -0.15) is 0 Å². The van der Waals surface area contributed by atoms with E-state index in [9.17, 15) is 9.59 Å². The summed E-state index contributed by atoms with van der Waals surface area (Å²) in [7, 11) is 0. The fourth-order valence-electron chi connectivity index (χ4n) is 1.50. The maximum atomic E-state index is 11.7. The lowest BCUT2D eigenvalue weighted by Gasteiger charge is -2.08. The third-order valence-corrected chi connectivity index (χ3v) is 3.57. The van der Waals surface area contributed by atoms with Crippen LogP contribution in [0.3, 0.4) is 0 Å². The fourth-order valence-corrected chi connectivity index (χ4v) is 2.27. The van der Waals surface area contributed by atoms with Gasteiger partial charge in [-0.25, -0.2) is 0 Å². The van der Waals surface area contributed by atoms with E-state index in [1.807, 2.05) is 30.3 Å². The monoisotopic (exact) mass is 331 g/mol. The zero-order valence-corrected chi connectivity index (χ0v) is 13.0. The van der Waals surface area contributed by atoms with Gasteiger partial charge in [0.05, 0.1) is 4.88 Å². The molecule has 0 radical (unpaired) electrons. The SMILES string of the molecule is O=C(/C=C/c1ccccc1)NC(=S)NNC(=O)c1cccs1. The van der Waals surface area contributed by atoms with Crippen LogP contribution in [0.15, 0.2) is 53.9 Å². The van der Waals surface area contributed by atoms with Crippen LogP contribution in [-0.2, 0) is 4.79 Å². The number of rotatable bonds is 3. The maximum Gasteiger partial charge on any atom is 0.279 e. The molecule has 0 unspecified atom stereocenters. The third kappa shape index (κ3) is 5.12. The van der Waals surface area contributed by atoms with Crippen molar-refractivity contribution in [1.82, 2.24) is 16.2 Å². The molecule has 2 amide bonds. The summed E-state index contributed by atoms with van der Waals surface area (Å²) in [5.41, 5.74) is 5.78. The van der Waals surface area contributed by atoms with Crippen molar-refractivity contribution in [1.29, 1.82) is 0 Å². The van der Waals surface area contributed by atoms with E-state index in [4.69, 9.17) is 12.2 Å². The molecule has 1 aromatic heterocycles. The van der Waals surface area contributed by atoms with Crippen molar-refractivity contribution in [3.8, 4) is 0 Å². The zero-order valence-electron chi connectivity index (χ0n) is 11.4. The van der Waals surface area contributed by atoms with Gasteiger partial charge in [0, 0.05) is 6.08 Å². The summed E-state index contributed by atoms with van der Waals surface area (Å²) in [6, 6.07) is 12.9. The Morgan fingerprint density at radius 2 is 1.82 bits per heavy atom. The summed E-state index contributed by atoms with van der Waals surface area (Å²) in [5, 5.41) is 4.25. The van der Waals surface area contributed by atoms with Crippen LogP contribution in [0, 0.1) is 0 Å². The van der Waals surface area contributed by atoms with Gasteiger partial charge in [0.25, 0.3) is 5.91 Å². The molecule has 5 nitrogen and oxygen atoms in total. The van der Waals surface area contributed by atoms with Gasteiger partial charge in [-0.15, -0.1) is 11.3 Å². The standard InChI is InChI=1S/C15H13N3O2S2/c19-13(9-8-11-5-2-1-3-6-11)16-15(21)18-17-14(20)12-7-4-10-22-12/h1-10H,(H,17,20)(H2,16,18,19,21)/b9-8+. The average molecular weight is 331 g/mol. The maximum absolute atomic E-state index is 11.7. The van der Waals surface area contributed by atoms with Crippen molar-refractivity contribution < 1.29 is 9.59 Å². The molecule has 7 heteroatoms. The third-order valence-electron chi connectivity index (χ3n) is 2.50. The van der Waals surface area contributed by atoms with Crippen molar-refractivity contribution in [3.05, 3.63) is 64.4 Å². The number of carbonyl (C=O) groups excluding carboxylic acids is 2. The van der Waals surface area contributed by atoms with Gasteiger partial charge < -0.3 is 0 Å². The quantitative estimate of drug-likeness (QED) is 0.458. The minimum absolute atomic E-state index is 0.0209. The Bertz CT molecular complexity index is 682. The lowest BCUT2D eigenvalue weighted by molar-refractivity contribution is -0.115. The molecule has 0 spiro atoms. The van der Waals surface area contributed by atoms with E-state index in [1.54, 1.807) is 23.6 Å². The van der Waals surface area contributed by atoms with E-state index >= 15 is 0 Å². The second-order valence-electron chi connectivity index (χ2n) is 4.12. The van der Waals surface area contributed by atoms with Crippen molar-refractivity contribution in [2.24, 2.45) is 0 Å². The molecular formula is C15H13N3O2S2. The molecule has 0 fully saturated rings. The molecule has 112 valence electrons. The zero-order chi connectivity index (χ0) is 15.8. The van der Waals surface area contributed by atoms with Crippen LogP contribution in [0.5, 0.6) is 0 Å². The summed E-state index contributed by atoms with van der Waals surface area (Å²) < 4.78 is 0. The largest absolute Gasteiger partial charge is 0.298 e. The molecule has 0 saturated heterocycles. The topological polar surface area (TPSA) is 70.2 Å². The smallest absolute Gasteiger partial charge is 0.279 e. The molecule has 0 aliphatic heterocycles. The number of hydrazine groups is 1. The number of hydrogen-bond acceptors (Lipinski definition) is 4. The highest BCUT2D eigenvalue weighted by Crippen LogP contribution is 2.06. The Labute approximate surface area is 137 Å². The second kappa shape index (κ2) is 8.06. The summed E-state index contributed by atoms with van der Waals surface area (Å²) in [4.78, 5) is 23.9. The predicted octanol–water partition coefficient (Wildman–Crippen LogP) is 2.10. The second-order valence-corrected chi connectivity index (χ2v) is 5.47. The van der Waals surface area contributed by atoms with E-state index in [2.05, 4.69) is 16.2 Å². The van der Waals surface area contributed by atoms with Gasteiger partial charge in [0.2, 0.25) is 5.91 Å². The van der Waals surface area contributed by atoms with Gasteiger partial charge in [-0.1, -0.05) is 36.4 Å². The molecule has 0 atom stereocenters. The van der Waals surface area contributed by atoms with E-state index in [1.165, 1.54) is 17.4 Å². The highest BCUT2D eigenvalue weighted by molar-refractivity contribution is 7.80. The average Bonchev–Trinajstić information content (AvgIpc) is 3.06. The molecule has 2 aromatic rings. The number of hydrogen-bond donors (Lipinski definition) is 3. The van der Waals surface area contributed by atoms with Crippen LogP contribution in [0.25, 0.3) is 6.08 Å². The first-order valence-corrected chi connectivity index (χ1v) is 7.62. The highest BCUT2D eigenvalue weighted by Gasteiger charge is 2.06. The van der Waals surface area contributed by atoms with Crippen LogP contribution in [0.1, 0.15) is 15.2 Å². The summed E-state index contributed by atoms with van der Waals surface area (Å²) in [5.74, 6) is -0.696. The van der Waals surface area contributed by atoms with E-state index in [0.29, 0.717) is 4.88 Å². The molecule has 0 bridgehead atoms. The Hall–Kier alpha value is -2.51. The number of nitrogens with one attached hydrogen (secondary N) is 3. The minimum atomic E-state index is -0.383. The molecule has 3 N–H and O–H groups in total. The fraction of sp³-hybridized carbons (Fsp3) is 0. The van der Waals surface area contributed by atoms with Crippen LogP contribution >= 0.6 is 23.6 Å². The number of thiophene rings is 1. The van der Waals surface area contributed by atoms with Crippen molar-refractivity contribution in [2.45, 2.75) is 0 Å². The summed E-state index contributed by atoms with van der Waals surface area (Å²) in [6.45, 7) is 0. The van der Waals surface area contributed by atoms with Gasteiger partial charge in [0.15, 0.2) is 5.11 Å². The van der Waals surface area contributed by atoms with Crippen molar-refractivity contribution in [3.63, 3.8) is 0 Å².